The van der Waals surface area contributed by atoms with E-state index >= 15 is 0 Å². The molecule has 0 saturated heterocycles. The van der Waals surface area contributed by atoms with Crippen LogP contribution in [0.3, 0.4) is 0 Å². The molecular weight excluding hydrogens is 445 g/mol. The van der Waals surface area contributed by atoms with Crippen LogP contribution in [-0.2, 0) is 21.4 Å². The van der Waals surface area contributed by atoms with Gasteiger partial charge in [0.15, 0.2) is 0 Å². The van der Waals surface area contributed by atoms with Gasteiger partial charge in [0.2, 0.25) is 10.0 Å². The number of rotatable bonds is 9. The smallest absolute Gasteiger partial charge is 0.255 e. The van der Waals surface area contributed by atoms with Crippen LogP contribution in [-0.4, -0.2) is 38.5 Å². The number of carbonyl (C=O) groups is 1. The van der Waals surface area contributed by atoms with Crippen LogP contribution in [0.4, 0.5) is 4.39 Å². The SMILES string of the molecule is COc1ccc(/C=N\NC(=O)CN(Cc2ccc(F)cc2)S(=O)(=O)c2ccc(C)cc2)cc1. The van der Waals surface area contributed by atoms with Gasteiger partial charge in [-0.05, 0) is 66.6 Å². The molecule has 0 aliphatic rings. The number of methoxy groups -OCH3 is 1. The number of aryl methyl sites for hydroxylation is 1. The average Bonchev–Trinajstić information content (AvgIpc) is 2.81. The highest BCUT2D eigenvalue weighted by molar-refractivity contribution is 7.89. The zero-order valence-electron chi connectivity index (χ0n) is 18.2. The monoisotopic (exact) mass is 469 g/mol. The summed E-state index contributed by atoms with van der Waals surface area (Å²) in [7, 11) is -2.43. The van der Waals surface area contributed by atoms with E-state index in [1.54, 1.807) is 43.5 Å². The van der Waals surface area contributed by atoms with Crippen molar-refractivity contribution in [3.05, 3.63) is 95.3 Å². The molecule has 1 N–H and O–H groups in total. The normalized spacial score (nSPS) is 11.6. The quantitative estimate of drug-likeness (QED) is 0.384. The Bertz CT molecular complexity index is 1210. The standard InChI is InChI=1S/C24H24FN3O4S/c1-18-3-13-23(14-4-18)33(30,31)28(16-20-5-9-21(25)10-6-20)17-24(29)27-26-15-19-7-11-22(32-2)12-8-19/h3-15H,16-17H2,1-2H3,(H,27,29)/b26-15-. The Morgan fingerprint density at radius 1 is 1.03 bits per heavy atom. The summed E-state index contributed by atoms with van der Waals surface area (Å²) in [6.45, 7) is 1.28. The van der Waals surface area contributed by atoms with Crippen LogP contribution < -0.4 is 10.2 Å². The summed E-state index contributed by atoms with van der Waals surface area (Å²) in [6.07, 6.45) is 1.44. The van der Waals surface area contributed by atoms with Crippen LogP contribution >= 0.6 is 0 Å². The number of nitrogens with one attached hydrogen (secondary N) is 1. The lowest BCUT2D eigenvalue weighted by Crippen LogP contribution is -2.39. The predicted octanol–water partition coefficient (Wildman–Crippen LogP) is 3.48. The largest absolute Gasteiger partial charge is 0.497 e. The lowest BCUT2D eigenvalue weighted by Gasteiger charge is -2.21. The van der Waals surface area contributed by atoms with E-state index in [0.29, 0.717) is 11.3 Å². The number of hydrogen-bond acceptors (Lipinski definition) is 5. The van der Waals surface area contributed by atoms with Gasteiger partial charge in [-0.15, -0.1) is 0 Å². The number of benzene rings is 3. The first-order chi connectivity index (χ1) is 15.8. The Morgan fingerprint density at radius 3 is 2.27 bits per heavy atom. The zero-order valence-corrected chi connectivity index (χ0v) is 19.0. The van der Waals surface area contributed by atoms with Crippen LogP contribution in [0.1, 0.15) is 16.7 Å². The van der Waals surface area contributed by atoms with Gasteiger partial charge in [0.05, 0.1) is 24.8 Å². The molecule has 0 spiro atoms. The molecular formula is C24H24FN3O4S. The molecule has 3 rings (SSSR count). The Balaban J connectivity index is 1.76. The fourth-order valence-electron chi connectivity index (χ4n) is 2.94. The molecule has 33 heavy (non-hydrogen) atoms. The molecule has 0 heterocycles. The second-order valence-electron chi connectivity index (χ2n) is 7.28. The second-order valence-corrected chi connectivity index (χ2v) is 9.22. The van der Waals surface area contributed by atoms with Crippen LogP contribution in [0.5, 0.6) is 5.75 Å². The first-order valence-electron chi connectivity index (χ1n) is 10.0. The van der Waals surface area contributed by atoms with Gasteiger partial charge in [-0.25, -0.2) is 18.2 Å². The topological polar surface area (TPSA) is 88.1 Å². The first-order valence-corrected chi connectivity index (χ1v) is 11.5. The summed E-state index contributed by atoms with van der Waals surface area (Å²) in [5.74, 6) is -0.358. The van der Waals surface area contributed by atoms with Crippen LogP contribution in [0.15, 0.2) is 82.8 Å². The molecule has 0 aromatic heterocycles. The minimum absolute atomic E-state index is 0.0599. The van der Waals surface area contributed by atoms with E-state index in [1.807, 2.05) is 6.92 Å². The van der Waals surface area contributed by atoms with Crippen molar-refractivity contribution in [3.63, 3.8) is 0 Å². The van der Waals surface area contributed by atoms with Crippen molar-refractivity contribution in [1.82, 2.24) is 9.73 Å². The number of sulfonamides is 1. The van der Waals surface area contributed by atoms with Gasteiger partial charge in [0.25, 0.3) is 5.91 Å². The van der Waals surface area contributed by atoms with Crippen molar-refractivity contribution >= 4 is 22.1 Å². The molecule has 172 valence electrons. The maximum atomic E-state index is 13.3. The number of nitrogens with zero attached hydrogens (tertiary/aromatic N) is 2. The van der Waals surface area contributed by atoms with Crippen molar-refractivity contribution in [1.29, 1.82) is 0 Å². The molecule has 0 bridgehead atoms. The van der Waals surface area contributed by atoms with E-state index in [9.17, 15) is 17.6 Å². The third-order valence-electron chi connectivity index (χ3n) is 4.77. The van der Waals surface area contributed by atoms with Crippen molar-refractivity contribution in [3.8, 4) is 5.75 Å². The summed E-state index contributed by atoms with van der Waals surface area (Å²) in [4.78, 5) is 12.6. The molecule has 1 amide bonds. The Labute approximate surface area is 192 Å². The Hall–Kier alpha value is -3.56. The van der Waals surface area contributed by atoms with Crippen molar-refractivity contribution in [2.75, 3.05) is 13.7 Å². The van der Waals surface area contributed by atoms with Gasteiger partial charge in [-0.3, -0.25) is 4.79 Å². The second kappa shape index (κ2) is 10.8. The van der Waals surface area contributed by atoms with E-state index in [2.05, 4.69) is 10.5 Å². The Kier molecular flexibility index (Phi) is 7.92. The summed E-state index contributed by atoms with van der Waals surface area (Å²) < 4.78 is 45.8. The van der Waals surface area contributed by atoms with Gasteiger partial charge in [0.1, 0.15) is 11.6 Å². The summed E-state index contributed by atoms with van der Waals surface area (Å²) >= 11 is 0. The number of hydrogen-bond donors (Lipinski definition) is 1. The third-order valence-corrected chi connectivity index (χ3v) is 6.58. The number of hydrazone groups is 1. The highest BCUT2D eigenvalue weighted by Crippen LogP contribution is 2.19. The van der Waals surface area contributed by atoms with Gasteiger partial charge in [-0.1, -0.05) is 29.8 Å². The van der Waals surface area contributed by atoms with Gasteiger partial charge in [0, 0.05) is 6.54 Å². The van der Waals surface area contributed by atoms with Crippen molar-refractivity contribution < 1.29 is 22.3 Å². The molecule has 0 fully saturated rings. The van der Waals surface area contributed by atoms with Crippen LogP contribution in [0.2, 0.25) is 0 Å². The molecule has 3 aromatic rings. The fourth-order valence-corrected chi connectivity index (χ4v) is 4.33. The lowest BCUT2D eigenvalue weighted by atomic mass is 10.2. The zero-order chi connectivity index (χ0) is 23.8. The summed E-state index contributed by atoms with van der Waals surface area (Å²) in [5, 5.41) is 3.90. The third kappa shape index (κ3) is 6.71. The Morgan fingerprint density at radius 2 is 1.67 bits per heavy atom. The minimum atomic E-state index is -3.99. The van der Waals surface area contributed by atoms with E-state index in [1.165, 1.54) is 42.6 Å². The molecule has 0 radical (unpaired) electrons. The summed E-state index contributed by atoms with van der Waals surface area (Å²) in [6, 6.07) is 18.8. The van der Waals surface area contributed by atoms with Gasteiger partial charge in [-0.2, -0.15) is 9.41 Å². The molecule has 0 saturated carbocycles. The number of amides is 1. The molecule has 7 nitrogen and oxygen atoms in total. The highest BCUT2D eigenvalue weighted by atomic mass is 32.2. The maximum absolute atomic E-state index is 13.3. The van der Waals surface area contributed by atoms with Crippen LogP contribution in [0, 0.1) is 12.7 Å². The molecule has 0 atom stereocenters. The van der Waals surface area contributed by atoms with E-state index < -0.39 is 28.3 Å². The van der Waals surface area contributed by atoms with Crippen molar-refractivity contribution in [2.45, 2.75) is 18.4 Å². The average molecular weight is 470 g/mol. The molecule has 9 heteroatoms. The van der Waals surface area contributed by atoms with E-state index in [4.69, 9.17) is 4.74 Å². The first kappa shape index (κ1) is 24.1. The predicted molar refractivity (Wildman–Crippen MR) is 124 cm³/mol. The fraction of sp³-hybridized carbons (Fsp3) is 0.167. The molecule has 0 aliphatic heterocycles. The van der Waals surface area contributed by atoms with Gasteiger partial charge < -0.3 is 4.74 Å². The number of carbonyl (C=O) groups excluding carboxylic acids is 1. The number of halogens is 1. The molecule has 0 unspecified atom stereocenters. The number of ether oxygens (including phenoxy) is 1. The molecule has 0 aliphatic carbocycles. The van der Waals surface area contributed by atoms with Crippen molar-refractivity contribution in [2.24, 2.45) is 5.10 Å². The highest BCUT2D eigenvalue weighted by Gasteiger charge is 2.27. The maximum Gasteiger partial charge on any atom is 0.255 e. The lowest BCUT2D eigenvalue weighted by molar-refractivity contribution is -0.121. The molecule has 3 aromatic carbocycles. The summed E-state index contributed by atoms with van der Waals surface area (Å²) in [5.41, 5.74) is 4.53. The van der Waals surface area contributed by atoms with E-state index in [0.717, 1.165) is 15.4 Å². The van der Waals surface area contributed by atoms with Gasteiger partial charge >= 0.3 is 0 Å². The van der Waals surface area contributed by atoms with E-state index in [-0.39, 0.29) is 11.4 Å². The van der Waals surface area contributed by atoms with Crippen LogP contribution in [0.25, 0.3) is 0 Å². The minimum Gasteiger partial charge on any atom is -0.497 e.